The summed E-state index contributed by atoms with van der Waals surface area (Å²) in [4.78, 5) is 16.6. The van der Waals surface area contributed by atoms with Crippen LogP contribution in [-0.2, 0) is 14.6 Å². The van der Waals surface area contributed by atoms with Crippen LogP contribution in [0, 0.1) is 11.8 Å². The highest BCUT2D eigenvalue weighted by Crippen LogP contribution is 2.25. The minimum absolute atomic E-state index is 0. The minimum Gasteiger partial charge on any atom is -0.359 e. The van der Waals surface area contributed by atoms with E-state index in [9.17, 15) is 13.2 Å². The van der Waals surface area contributed by atoms with Crippen molar-refractivity contribution in [3.63, 3.8) is 0 Å². The Hall–Kier alpha value is -0.580. The fraction of sp³-hybridized carbons (Fsp3) is 0.895. The molecule has 0 radical (unpaired) electrons. The molecule has 0 bridgehead atoms. The Labute approximate surface area is 186 Å². The van der Waals surface area contributed by atoms with Gasteiger partial charge in [0.15, 0.2) is 15.8 Å². The number of carbonyl (C=O) groups excluding carboxylic acids is 1. The number of rotatable bonds is 5. The van der Waals surface area contributed by atoms with Gasteiger partial charge in [-0.3, -0.25) is 9.79 Å². The number of aliphatic imine (C=N–C) groups is 1. The second kappa shape index (κ2) is 11.0. The standard InChI is InChI=1S/C19H34N4O3S.HI/c1-20-18(24)15-6-8-17(9-7-15)23-19(22-16-4-2-3-5-16)21-12-14-10-11-27(25,26)13-14;/h14-17H,2-13H2,1H3,(H,20,24)(H2,21,22,23);1H. The van der Waals surface area contributed by atoms with Crippen LogP contribution in [0.5, 0.6) is 0 Å². The molecular weight excluding hydrogens is 491 g/mol. The Balaban J connectivity index is 0.00000280. The summed E-state index contributed by atoms with van der Waals surface area (Å²) in [6, 6.07) is 0.789. The van der Waals surface area contributed by atoms with Crippen LogP contribution in [0.2, 0.25) is 0 Å². The lowest BCUT2D eigenvalue weighted by Gasteiger charge is -2.30. The summed E-state index contributed by atoms with van der Waals surface area (Å²) in [5, 5.41) is 9.88. The Morgan fingerprint density at radius 2 is 1.57 bits per heavy atom. The summed E-state index contributed by atoms with van der Waals surface area (Å²) < 4.78 is 23.4. The zero-order chi connectivity index (χ0) is 19.3. The highest BCUT2D eigenvalue weighted by Gasteiger charge is 2.29. The Bertz CT molecular complexity index is 642. The van der Waals surface area contributed by atoms with Crippen molar-refractivity contribution in [3.8, 4) is 0 Å². The minimum atomic E-state index is -2.86. The van der Waals surface area contributed by atoms with Crippen LogP contribution in [0.4, 0.5) is 0 Å². The molecule has 0 aromatic heterocycles. The lowest BCUT2D eigenvalue weighted by molar-refractivity contribution is -0.125. The summed E-state index contributed by atoms with van der Waals surface area (Å²) in [5.41, 5.74) is 0. The van der Waals surface area contributed by atoms with E-state index in [0.717, 1.165) is 38.1 Å². The number of amides is 1. The van der Waals surface area contributed by atoms with Crippen molar-refractivity contribution in [3.05, 3.63) is 0 Å². The van der Waals surface area contributed by atoms with E-state index in [0.29, 0.717) is 24.4 Å². The van der Waals surface area contributed by atoms with Crippen molar-refractivity contribution in [1.82, 2.24) is 16.0 Å². The zero-order valence-corrected chi connectivity index (χ0v) is 19.9. The molecule has 3 rings (SSSR count). The van der Waals surface area contributed by atoms with Crippen LogP contribution in [0.1, 0.15) is 57.8 Å². The number of hydrogen-bond donors (Lipinski definition) is 3. The highest BCUT2D eigenvalue weighted by molar-refractivity contribution is 14.0. The molecule has 28 heavy (non-hydrogen) atoms. The third-order valence-electron chi connectivity index (χ3n) is 6.22. The first kappa shape index (κ1) is 23.7. The summed E-state index contributed by atoms with van der Waals surface area (Å²) in [6.45, 7) is 0.564. The quantitative estimate of drug-likeness (QED) is 0.289. The molecule has 0 spiro atoms. The molecular formula is C19H35IN4O3S. The van der Waals surface area contributed by atoms with Gasteiger partial charge in [0.1, 0.15) is 0 Å². The maximum atomic E-state index is 11.8. The molecule has 1 aliphatic heterocycles. The van der Waals surface area contributed by atoms with Crippen molar-refractivity contribution in [2.75, 3.05) is 25.1 Å². The number of nitrogens with one attached hydrogen (secondary N) is 3. The maximum Gasteiger partial charge on any atom is 0.222 e. The van der Waals surface area contributed by atoms with E-state index in [1.165, 1.54) is 25.7 Å². The van der Waals surface area contributed by atoms with Gasteiger partial charge >= 0.3 is 0 Å². The van der Waals surface area contributed by atoms with Crippen LogP contribution in [0.15, 0.2) is 4.99 Å². The number of nitrogens with zero attached hydrogens (tertiary/aromatic N) is 1. The van der Waals surface area contributed by atoms with Crippen LogP contribution in [0.3, 0.4) is 0 Å². The fourth-order valence-corrected chi connectivity index (χ4v) is 6.38. The van der Waals surface area contributed by atoms with E-state index in [1.807, 2.05) is 0 Å². The van der Waals surface area contributed by atoms with Gasteiger partial charge in [-0.1, -0.05) is 12.8 Å². The normalized spacial score (nSPS) is 30.5. The molecule has 0 aromatic carbocycles. The third kappa shape index (κ3) is 7.03. The molecule has 3 fully saturated rings. The molecule has 3 aliphatic rings. The van der Waals surface area contributed by atoms with Crippen molar-refractivity contribution >= 4 is 45.7 Å². The van der Waals surface area contributed by atoms with Gasteiger partial charge in [0.2, 0.25) is 5.91 Å². The lowest BCUT2D eigenvalue weighted by Crippen LogP contribution is -2.48. The number of halogens is 1. The third-order valence-corrected chi connectivity index (χ3v) is 8.05. The van der Waals surface area contributed by atoms with Gasteiger partial charge in [-0.2, -0.15) is 0 Å². The molecule has 1 atom stereocenters. The fourth-order valence-electron chi connectivity index (χ4n) is 4.53. The summed E-state index contributed by atoms with van der Waals surface area (Å²) in [7, 11) is -1.16. The van der Waals surface area contributed by atoms with Crippen molar-refractivity contribution in [1.29, 1.82) is 0 Å². The van der Waals surface area contributed by atoms with Gasteiger partial charge in [0.05, 0.1) is 11.5 Å². The largest absolute Gasteiger partial charge is 0.359 e. The summed E-state index contributed by atoms with van der Waals surface area (Å²) in [6.07, 6.45) is 9.28. The molecule has 1 amide bonds. The Morgan fingerprint density at radius 1 is 0.964 bits per heavy atom. The monoisotopic (exact) mass is 526 g/mol. The van der Waals surface area contributed by atoms with Gasteiger partial charge in [-0.25, -0.2) is 8.42 Å². The number of sulfone groups is 1. The van der Waals surface area contributed by atoms with E-state index < -0.39 is 9.84 Å². The number of guanidine groups is 1. The first-order valence-electron chi connectivity index (χ1n) is 10.4. The van der Waals surface area contributed by atoms with Gasteiger partial charge in [-0.15, -0.1) is 24.0 Å². The molecule has 1 heterocycles. The summed E-state index contributed by atoms with van der Waals surface area (Å²) in [5.74, 6) is 1.81. The molecule has 162 valence electrons. The molecule has 7 nitrogen and oxygen atoms in total. The maximum absolute atomic E-state index is 11.8. The molecule has 1 unspecified atom stereocenters. The highest BCUT2D eigenvalue weighted by atomic mass is 127. The molecule has 0 aromatic rings. The first-order chi connectivity index (χ1) is 12.9. The second-order valence-corrected chi connectivity index (χ2v) is 10.6. The van der Waals surface area contributed by atoms with E-state index >= 15 is 0 Å². The Morgan fingerprint density at radius 3 is 2.11 bits per heavy atom. The van der Waals surface area contributed by atoms with Gasteiger partial charge in [0, 0.05) is 31.6 Å². The molecule has 2 aliphatic carbocycles. The molecule has 3 N–H and O–H groups in total. The average Bonchev–Trinajstić information content (AvgIpc) is 3.28. The van der Waals surface area contributed by atoms with E-state index in [1.54, 1.807) is 7.05 Å². The SMILES string of the molecule is CNC(=O)C1CCC(NC(=NCC2CCS(=O)(=O)C2)NC2CCCC2)CC1.I. The van der Waals surface area contributed by atoms with Gasteiger partial charge < -0.3 is 16.0 Å². The van der Waals surface area contributed by atoms with Gasteiger partial charge in [-0.05, 0) is 50.9 Å². The Kier molecular flexibility index (Phi) is 9.30. The molecule has 9 heteroatoms. The number of carbonyl (C=O) groups is 1. The van der Waals surface area contributed by atoms with E-state index in [4.69, 9.17) is 4.99 Å². The smallest absolute Gasteiger partial charge is 0.222 e. The lowest BCUT2D eigenvalue weighted by atomic mass is 9.85. The zero-order valence-electron chi connectivity index (χ0n) is 16.8. The summed E-state index contributed by atoms with van der Waals surface area (Å²) >= 11 is 0. The van der Waals surface area contributed by atoms with Crippen molar-refractivity contribution < 1.29 is 13.2 Å². The predicted octanol–water partition coefficient (Wildman–Crippen LogP) is 1.82. The predicted molar refractivity (Wildman–Crippen MR) is 123 cm³/mol. The van der Waals surface area contributed by atoms with Crippen LogP contribution in [0.25, 0.3) is 0 Å². The van der Waals surface area contributed by atoms with Crippen LogP contribution >= 0.6 is 24.0 Å². The van der Waals surface area contributed by atoms with E-state index in [2.05, 4.69) is 16.0 Å². The topological polar surface area (TPSA) is 99.7 Å². The first-order valence-corrected chi connectivity index (χ1v) is 12.3. The number of hydrogen-bond acceptors (Lipinski definition) is 4. The second-order valence-electron chi connectivity index (χ2n) is 8.39. The van der Waals surface area contributed by atoms with Crippen LogP contribution in [-0.4, -0.2) is 57.5 Å². The van der Waals surface area contributed by atoms with Crippen molar-refractivity contribution in [2.24, 2.45) is 16.8 Å². The molecule has 1 saturated heterocycles. The average molecular weight is 526 g/mol. The van der Waals surface area contributed by atoms with Crippen LogP contribution < -0.4 is 16.0 Å². The van der Waals surface area contributed by atoms with Gasteiger partial charge in [0.25, 0.3) is 0 Å². The van der Waals surface area contributed by atoms with Crippen molar-refractivity contribution in [2.45, 2.75) is 69.9 Å². The van der Waals surface area contributed by atoms with E-state index in [-0.39, 0.29) is 47.5 Å². The molecule has 2 saturated carbocycles.